The molecule has 1 unspecified atom stereocenters. The molecule has 0 aliphatic rings. The quantitative estimate of drug-likeness (QED) is 0.632. The molecule has 0 saturated carbocycles. The van der Waals surface area contributed by atoms with Gasteiger partial charge in [-0.1, -0.05) is 13.8 Å². The van der Waals surface area contributed by atoms with Gasteiger partial charge in [0.25, 0.3) is 0 Å². The van der Waals surface area contributed by atoms with Crippen LogP contribution in [0.2, 0.25) is 0 Å². The second-order valence-corrected chi connectivity index (χ2v) is 3.97. The lowest BCUT2D eigenvalue weighted by Crippen LogP contribution is -2.43. The molecule has 0 aromatic rings. The van der Waals surface area contributed by atoms with E-state index < -0.39 is 5.60 Å². The Hall–Kier alpha value is -0.120. The fourth-order valence-corrected chi connectivity index (χ4v) is 0.979. The number of hydrogen-bond donors (Lipinski definition) is 2. The number of aliphatic hydroxyl groups is 2. The van der Waals surface area contributed by atoms with Crippen molar-refractivity contribution in [2.45, 2.75) is 26.4 Å². The summed E-state index contributed by atoms with van der Waals surface area (Å²) in [6.45, 7) is 7.17. The topological polar surface area (TPSA) is 43.7 Å². The SMILES string of the molecule is CC(C)C(C)(O)CN(C)CCO. The molecule has 0 heterocycles. The number of hydrogen-bond acceptors (Lipinski definition) is 3. The molecule has 0 amide bonds. The maximum absolute atomic E-state index is 9.87. The van der Waals surface area contributed by atoms with Crippen molar-refractivity contribution in [2.75, 3.05) is 26.7 Å². The molecule has 0 radical (unpaired) electrons. The van der Waals surface area contributed by atoms with Crippen LogP contribution in [0.25, 0.3) is 0 Å². The van der Waals surface area contributed by atoms with E-state index in [2.05, 4.69) is 0 Å². The molecular weight excluding hydrogens is 154 g/mol. The summed E-state index contributed by atoms with van der Waals surface area (Å²) in [6, 6.07) is 0. The van der Waals surface area contributed by atoms with Crippen molar-refractivity contribution >= 4 is 0 Å². The summed E-state index contributed by atoms with van der Waals surface area (Å²) >= 11 is 0. The van der Waals surface area contributed by atoms with Gasteiger partial charge in [-0.25, -0.2) is 0 Å². The second-order valence-electron chi connectivity index (χ2n) is 3.97. The molecule has 0 aromatic heterocycles. The first-order valence-electron chi connectivity index (χ1n) is 4.42. The molecule has 3 heteroatoms. The van der Waals surface area contributed by atoms with Gasteiger partial charge in [0.15, 0.2) is 0 Å². The van der Waals surface area contributed by atoms with E-state index in [4.69, 9.17) is 5.11 Å². The van der Waals surface area contributed by atoms with Gasteiger partial charge in [-0.2, -0.15) is 0 Å². The Balaban J connectivity index is 3.88. The number of rotatable bonds is 5. The fourth-order valence-electron chi connectivity index (χ4n) is 0.979. The lowest BCUT2D eigenvalue weighted by atomic mass is 9.92. The zero-order valence-electron chi connectivity index (χ0n) is 8.54. The maximum atomic E-state index is 9.87. The summed E-state index contributed by atoms with van der Waals surface area (Å²) in [5.41, 5.74) is -0.663. The van der Waals surface area contributed by atoms with Crippen LogP contribution >= 0.6 is 0 Å². The van der Waals surface area contributed by atoms with Crippen LogP contribution in [0.5, 0.6) is 0 Å². The Morgan fingerprint density at radius 3 is 2.25 bits per heavy atom. The molecular formula is C9H21NO2. The summed E-state index contributed by atoms with van der Waals surface area (Å²) in [5, 5.41) is 18.5. The van der Waals surface area contributed by atoms with E-state index in [1.807, 2.05) is 32.7 Å². The van der Waals surface area contributed by atoms with Gasteiger partial charge in [0.1, 0.15) is 0 Å². The fraction of sp³-hybridized carbons (Fsp3) is 1.00. The first-order valence-corrected chi connectivity index (χ1v) is 4.42. The van der Waals surface area contributed by atoms with E-state index in [0.717, 1.165) is 0 Å². The largest absolute Gasteiger partial charge is 0.395 e. The molecule has 2 N–H and O–H groups in total. The lowest BCUT2D eigenvalue weighted by Gasteiger charge is -2.32. The molecule has 74 valence electrons. The predicted octanol–water partition coefficient (Wildman–Crippen LogP) is 0.318. The molecule has 3 nitrogen and oxygen atoms in total. The van der Waals surface area contributed by atoms with Gasteiger partial charge in [0, 0.05) is 13.1 Å². The summed E-state index contributed by atoms with van der Waals surface area (Å²) in [5.74, 6) is 0.235. The van der Waals surface area contributed by atoms with Crippen LogP contribution in [-0.4, -0.2) is 47.5 Å². The average molecular weight is 175 g/mol. The van der Waals surface area contributed by atoms with Crippen LogP contribution in [0, 0.1) is 5.92 Å². The van der Waals surface area contributed by atoms with Crippen molar-refractivity contribution in [3.05, 3.63) is 0 Å². The van der Waals surface area contributed by atoms with Crippen molar-refractivity contribution < 1.29 is 10.2 Å². The average Bonchev–Trinajstić information content (AvgIpc) is 1.85. The standard InChI is InChI=1S/C9H21NO2/c1-8(2)9(3,12)7-10(4)5-6-11/h8,11-12H,5-7H2,1-4H3. The number of likely N-dealkylation sites (N-methyl/N-ethyl adjacent to an activating group) is 1. The van der Waals surface area contributed by atoms with Gasteiger partial charge in [-0.05, 0) is 19.9 Å². The molecule has 0 rings (SSSR count). The molecule has 0 fully saturated rings. The Morgan fingerprint density at radius 1 is 1.42 bits per heavy atom. The van der Waals surface area contributed by atoms with Gasteiger partial charge in [-0.3, -0.25) is 0 Å². The van der Waals surface area contributed by atoms with Crippen LogP contribution in [0.1, 0.15) is 20.8 Å². The Morgan fingerprint density at radius 2 is 1.92 bits per heavy atom. The smallest absolute Gasteiger partial charge is 0.0768 e. The van der Waals surface area contributed by atoms with E-state index >= 15 is 0 Å². The van der Waals surface area contributed by atoms with Crippen molar-refractivity contribution in [2.24, 2.45) is 5.92 Å². The van der Waals surface area contributed by atoms with E-state index in [1.165, 1.54) is 0 Å². The van der Waals surface area contributed by atoms with Gasteiger partial charge in [0.2, 0.25) is 0 Å². The summed E-state index contributed by atoms with van der Waals surface area (Å²) in [4.78, 5) is 1.93. The minimum atomic E-state index is -0.663. The highest BCUT2D eigenvalue weighted by molar-refractivity contribution is 4.79. The molecule has 12 heavy (non-hydrogen) atoms. The highest BCUT2D eigenvalue weighted by Crippen LogP contribution is 2.16. The Bertz CT molecular complexity index is 124. The first kappa shape index (κ1) is 11.9. The van der Waals surface area contributed by atoms with Crippen molar-refractivity contribution in [3.8, 4) is 0 Å². The second kappa shape index (κ2) is 4.80. The normalized spacial score (nSPS) is 17.0. The number of nitrogens with zero attached hydrogens (tertiary/aromatic N) is 1. The van der Waals surface area contributed by atoms with E-state index in [1.54, 1.807) is 0 Å². The van der Waals surface area contributed by atoms with Gasteiger partial charge in [0.05, 0.1) is 12.2 Å². The Labute approximate surface area is 75.0 Å². The molecule has 1 atom stereocenters. The maximum Gasteiger partial charge on any atom is 0.0768 e. The highest BCUT2D eigenvalue weighted by Gasteiger charge is 2.25. The molecule has 0 spiro atoms. The lowest BCUT2D eigenvalue weighted by molar-refractivity contribution is -0.0153. The summed E-state index contributed by atoms with van der Waals surface area (Å²) in [6.07, 6.45) is 0. The van der Waals surface area contributed by atoms with Crippen LogP contribution in [0.3, 0.4) is 0 Å². The summed E-state index contributed by atoms with van der Waals surface area (Å²) in [7, 11) is 1.90. The van der Waals surface area contributed by atoms with Crippen LogP contribution in [0.15, 0.2) is 0 Å². The van der Waals surface area contributed by atoms with Gasteiger partial charge < -0.3 is 15.1 Å². The third-order valence-electron chi connectivity index (χ3n) is 2.32. The monoisotopic (exact) mass is 175 g/mol. The zero-order chi connectivity index (χ0) is 9.78. The van der Waals surface area contributed by atoms with E-state index in [9.17, 15) is 5.11 Å². The molecule has 0 bridgehead atoms. The molecule has 0 saturated heterocycles. The predicted molar refractivity (Wildman–Crippen MR) is 50.0 cm³/mol. The summed E-state index contributed by atoms with van der Waals surface area (Å²) < 4.78 is 0. The van der Waals surface area contributed by atoms with Crippen LogP contribution in [0.4, 0.5) is 0 Å². The van der Waals surface area contributed by atoms with E-state index in [0.29, 0.717) is 13.1 Å². The Kier molecular flexibility index (Phi) is 4.75. The molecule has 0 aliphatic carbocycles. The van der Waals surface area contributed by atoms with Gasteiger partial charge >= 0.3 is 0 Å². The van der Waals surface area contributed by atoms with Crippen molar-refractivity contribution in [1.82, 2.24) is 4.90 Å². The zero-order valence-corrected chi connectivity index (χ0v) is 8.54. The van der Waals surface area contributed by atoms with Gasteiger partial charge in [-0.15, -0.1) is 0 Å². The third kappa shape index (κ3) is 4.04. The minimum absolute atomic E-state index is 0.144. The van der Waals surface area contributed by atoms with Crippen LogP contribution < -0.4 is 0 Å². The molecule has 0 aromatic carbocycles. The highest BCUT2D eigenvalue weighted by atomic mass is 16.3. The van der Waals surface area contributed by atoms with E-state index in [-0.39, 0.29) is 12.5 Å². The minimum Gasteiger partial charge on any atom is -0.395 e. The van der Waals surface area contributed by atoms with Crippen LogP contribution in [-0.2, 0) is 0 Å². The van der Waals surface area contributed by atoms with Crippen molar-refractivity contribution in [3.63, 3.8) is 0 Å². The third-order valence-corrected chi connectivity index (χ3v) is 2.32. The first-order chi connectivity index (χ1) is 5.40. The molecule has 0 aliphatic heterocycles. The number of aliphatic hydroxyl groups excluding tert-OH is 1. The van der Waals surface area contributed by atoms with Crippen molar-refractivity contribution in [1.29, 1.82) is 0 Å².